The number of benzene rings is 1. The molecule has 2 atom stereocenters. The number of piperidine rings is 1. The first-order valence-corrected chi connectivity index (χ1v) is 8.86. The van der Waals surface area contributed by atoms with Crippen molar-refractivity contribution in [2.75, 3.05) is 7.11 Å². The van der Waals surface area contributed by atoms with Gasteiger partial charge in [-0.3, -0.25) is 0 Å². The lowest BCUT2D eigenvalue weighted by Gasteiger charge is -2.29. The summed E-state index contributed by atoms with van der Waals surface area (Å²) in [4.78, 5) is 0.0832. The van der Waals surface area contributed by atoms with Crippen molar-refractivity contribution in [2.45, 2.75) is 48.7 Å². The summed E-state index contributed by atoms with van der Waals surface area (Å²) in [6.45, 7) is 0. The largest absolute Gasteiger partial charge is 0.495 e. The van der Waals surface area contributed by atoms with Gasteiger partial charge in [0.05, 0.1) is 18.7 Å². The summed E-state index contributed by atoms with van der Waals surface area (Å²) in [5.41, 5.74) is 0.371. The van der Waals surface area contributed by atoms with Crippen LogP contribution in [0, 0.1) is 11.3 Å². The first-order chi connectivity index (χ1) is 10.5. The van der Waals surface area contributed by atoms with Crippen molar-refractivity contribution >= 4 is 10.0 Å². The van der Waals surface area contributed by atoms with E-state index in [1.165, 1.54) is 25.3 Å². The van der Waals surface area contributed by atoms with Gasteiger partial charge in [-0.05, 0) is 43.9 Å². The van der Waals surface area contributed by atoms with Gasteiger partial charge in [-0.25, -0.2) is 13.1 Å². The Bertz CT molecular complexity index is 699. The molecule has 0 radical (unpaired) electrons. The molecule has 0 spiro atoms. The molecule has 2 aliphatic rings. The van der Waals surface area contributed by atoms with Crippen LogP contribution in [0.3, 0.4) is 0 Å². The number of nitrogens with one attached hydrogen (secondary N) is 2. The van der Waals surface area contributed by atoms with E-state index in [9.17, 15) is 8.42 Å². The maximum absolute atomic E-state index is 12.6. The van der Waals surface area contributed by atoms with Crippen molar-refractivity contribution in [3.63, 3.8) is 0 Å². The van der Waals surface area contributed by atoms with E-state index in [-0.39, 0.29) is 16.7 Å². The Balaban J connectivity index is 1.82. The highest BCUT2D eigenvalue weighted by Crippen LogP contribution is 2.29. The standard InChI is InChI=1S/C15H19N3O3S/c1-21-14-6-10(9-16)2-5-15(14)22(19,20)18-13-7-11-3-4-12(8-13)17-11/h2,5-6,11-13,17-18H,3-4,7-8H2,1H3. The predicted molar refractivity (Wildman–Crippen MR) is 81.0 cm³/mol. The van der Waals surface area contributed by atoms with Gasteiger partial charge >= 0.3 is 0 Å². The topological polar surface area (TPSA) is 91.2 Å². The molecule has 2 bridgehead atoms. The molecule has 2 aliphatic heterocycles. The minimum Gasteiger partial charge on any atom is -0.495 e. The summed E-state index contributed by atoms with van der Waals surface area (Å²) in [6, 6.07) is 7.11. The summed E-state index contributed by atoms with van der Waals surface area (Å²) in [7, 11) is -2.26. The van der Waals surface area contributed by atoms with Crippen molar-refractivity contribution in [1.82, 2.24) is 10.0 Å². The van der Waals surface area contributed by atoms with Gasteiger partial charge in [-0.15, -0.1) is 0 Å². The first-order valence-electron chi connectivity index (χ1n) is 7.38. The number of hydrogen-bond donors (Lipinski definition) is 2. The third-order valence-corrected chi connectivity index (χ3v) is 5.94. The van der Waals surface area contributed by atoms with Crippen LogP contribution in [-0.2, 0) is 10.0 Å². The number of fused-ring (bicyclic) bond motifs is 2. The lowest BCUT2D eigenvalue weighted by molar-refractivity contribution is 0.344. The summed E-state index contributed by atoms with van der Waals surface area (Å²) < 4.78 is 33.2. The molecule has 7 heteroatoms. The molecular weight excluding hydrogens is 302 g/mol. The minimum absolute atomic E-state index is 0.0518. The van der Waals surface area contributed by atoms with Gasteiger partial charge in [0.1, 0.15) is 10.6 Å². The molecule has 22 heavy (non-hydrogen) atoms. The van der Waals surface area contributed by atoms with Crippen LogP contribution in [0.1, 0.15) is 31.2 Å². The highest BCUT2D eigenvalue weighted by Gasteiger charge is 2.35. The second-order valence-corrected chi connectivity index (χ2v) is 7.59. The Hall–Kier alpha value is -1.62. The van der Waals surface area contributed by atoms with Gasteiger partial charge in [0, 0.05) is 18.1 Å². The van der Waals surface area contributed by atoms with Gasteiger partial charge in [-0.2, -0.15) is 5.26 Å². The van der Waals surface area contributed by atoms with E-state index in [0.717, 1.165) is 25.7 Å². The van der Waals surface area contributed by atoms with E-state index in [1.807, 2.05) is 6.07 Å². The van der Waals surface area contributed by atoms with Crippen molar-refractivity contribution in [3.8, 4) is 11.8 Å². The second-order valence-electron chi connectivity index (χ2n) is 5.90. The smallest absolute Gasteiger partial charge is 0.244 e. The lowest BCUT2D eigenvalue weighted by atomic mass is 10.0. The summed E-state index contributed by atoms with van der Waals surface area (Å²) >= 11 is 0. The minimum atomic E-state index is -3.66. The van der Waals surface area contributed by atoms with Crippen LogP contribution in [-0.4, -0.2) is 33.7 Å². The SMILES string of the molecule is COc1cc(C#N)ccc1S(=O)(=O)NC1CC2CCC(C1)N2. The zero-order valence-corrected chi connectivity index (χ0v) is 13.2. The number of nitrogens with zero attached hydrogens (tertiary/aromatic N) is 1. The monoisotopic (exact) mass is 321 g/mol. The van der Waals surface area contributed by atoms with Gasteiger partial charge in [0.2, 0.25) is 10.0 Å². The van der Waals surface area contributed by atoms with E-state index in [1.54, 1.807) is 0 Å². The molecular formula is C15H19N3O3S. The second kappa shape index (κ2) is 5.88. The van der Waals surface area contributed by atoms with E-state index < -0.39 is 10.0 Å². The molecule has 0 amide bonds. The first kappa shape index (κ1) is 15.3. The Morgan fingerprint density at radius 2 is 2.00 bits per heavy atom. The fraction of sp³-hybridized carbons (Fsp3) is 0.533. The lowest BCUT2D eigenvalue weighted by Crippen LogP contribution is -2.47. The highest BCUT2D eigenvalue weighted by atomic mass is 32.2. The van der Waals surface area contributed by atoms with Crippen molar-refractivity contribution < 1.29 is 13.2 Å². The third-order valence-electron chi connectivity index (χ3n) is 4.38. The normalized spacial score (nSPS) is 27.4. The summed E-state index contributed by atoms with van der Waals surface area (Å²) in [5, 5.41) is 12.4. The van der Waals surface area contributed by atoms with E-state index in [0.29, 0.717) is 17.6 Å². The number of ether oxygens (including phenoxy) is 1. The van der Waals surface area contributed by atoms with Gasteiger partial charge < -0.3 is 10.1 Å². The molecule has 2 heterocycles. The number of hydrogen-bond acceptors (Lipinski definition) is 5. The number of sulfonamides is 1. The van der Waals surface area contributed by atoms with Crippen LogP contribution < -0.4 is 14.8 Å². The molecule has 0 aromatic heterocycles. The third kappa shape index (κ3) is 2.95. The fourth-order valence-electron chi connectivity index (χ4n) is 3.40. The number of methoxy groups -OCH3 is 1. The molecule has 2 saturated heterocycles. The van der Waals surface area contributed by atoms with Gasteiger partial charge in [0.15, 0.2) is 0 Å². The Labute approximate surface area is 130 Å². The molecule has 0 aliphatic carbocycles. The summed E-state index contributed by atoms with van der Waals surface area (Å²) in [5.74, 6) is 0.198. The highest BCUT2D eigenvalue weighted by molar-refractivity contribution is 7.89. The predicted octanol–water partition coefficient (Wildman–Crippen LogP) is 1.13. The van der Waals surface area contributed by atoms with E-state index in [4.69, 9.17) is 10.00 Å². The quantitative estimate of drug-likeness (QED) is 0.867. The number of nitriles is 1. The molecule has 0 saturated carbocycles. The maximum atomic E-state index is 12.6. The van der Waals surface area contributed by atoms with Gasteiger partial charge in [0.25, 0.3) is 0 Å². The Kier molecular flexibility index (Phi) is 4.08. The zero-order chi connectivity index (χ0) is 15.7. The average molecular weight is 321 g/mol. The molecule has 3 rings (SSSR count). The van der Waals surface area contributed by atoms with Crippen molar-refractivity contribution in [2.24, 2.45) is 0 Å². The van der Waals surface area contributed by atoms with Crippen LogP contribution in [0.5, 0.6) is 5.75 Å². The molecule has 118 valence electrons. The van der Waals surface area contributed by atoms with E-state index in [2.05, 4.69) is 10.0 Å². The van der Waals surface area contributed by atoms with Crippen molar-refractivity contribution in [3.05, 3.63) is 23.8 Å². The van der Waals surface area contributed by atoms with Crippen LogP contribution >= 0.6 is 0 Å². The average Bonchev–Trinajstić information content (AvgIpc) is 2.85. The fourth-order valence-corrected chi connectivity index (χ4v) is 4.81. The Morgan fingerprint density at radius 3 is 2.59 bits per heavy atom. The molecule has 2 N–H and O–H groups in total. The van der Waals surface area contributed by atoms with E-state index >= 15 is 0 Å². The molecule has 2 fully saturated rings. The van der Waals surface area contributed by atoms with Crippen LogP contribution in [0.25, 0.3) is 0 Å². The van der Waals surface area contributed by atoms with Crippen LogP contribution in [0.2, 0.25) is 0 Å². The molecule has 2 unspecified atom stereocenters. The van der Waals surface area contributed by atoms with Crippen LogP contribution in [0.4, 0.5) is 0 Å². The van der Waals surface area contributed by atoms with Crippen molar-refractivity contribution in [1.29, 1.82) is 5.26 Å². The maximum Gasteiger partial charge on any atom is 0.244 e. The number of rotatable bonds is 4. The summed E-state index contributed by atoms with van der Waals surface area (Å²) in [6.07, 6.45) is 3.86. The zero-order valence-electron chi connectivity index (χ0n) is 12.4. The van der Waals surface area contributed by atoms with Crippen LogP contribution in [0.15, 0.2) is 23.1 Å². The van der Waals surface area contributed by atoms with Gasteiger partial charge in [-0.1, -0.05) is 0 Å². The molecule has 6 nitrogen and oxygen atoms in total. The molecule has 1 aromatic rings. The molecule has 1 aromatic carbocycles. The Morgan fingerprint density at radius 1 is 1.32 bits per heavy atom.